The zero-order valence-electron chi connectivity index (χ0n) is 13.2. The van der Waals surface area contributed by atoms with Gasteiger partial charge in [0.25, 0.3) is 0 Å². The summed E-state index contributed by atoms with van der Waals surface area (Å²) >= 11 is 0. The van der Waals surface area contributed by atoms with E-state index in [4.69, 9.17) is 0 Å². The van der Waals surface area contributed by atoms with Crippen molar-refractivity contribution in [2.24, 2.45) is 0 Å². The number of benzene rings is 1. The first kappa shape index (κ1) is 33.3. The van der Waals surface area contributed by atoms with Gasteiger partial charge in [0.2, 0.25) is 0 Å². The quantitative estimate of drug-likeness (QED) is 0.480. The number of aromatic amines is 1. The molecule has 1 aromatic heterocycles. The van der Waals surface area contributed by atoms with Crippen LogP contribution in [0.5, 0.6) is 0 Å². The zero-order valence-corrected chi connectivity index (χ0v) is 15.4. The van der Waals surface area contributed by atoms with Crippen molar-refractivity contribution in [3.05, 3.63) is 36.5 Å². The molecule has 0 aliphatic rings. The number of fused-ring (bicyclic) bond motifs is 1. The van der Waals surface area contributed by atoms with E-state index in [1.54, 1.807) is 0 Å². The molecule has 0 aliphatic carbocycles. The maximum absolute atomic E-state index is 9.75. The first-order chi connectivity index (χ1) is 10.5. The van der Waals surface area contributed by atoms with Crippen LogP contribution in [-0.4, -0.2) is 26.7 Å². The smallest absolute Gasteiger partial charge is 1.00 e. The van der Waals surface area contributed by atoms with Crippen LogP contribution in [-0.2, 0) is 0 Å². The summed E-state index contributed by atoms with van der Waals surface area (Å²) in [6.07, 6.45) is 1.95. The van der Waals surface area contributed by atoms with Crippen molar-refractivity contribution in [2.75, 3.05) is 0 Å². The maximum atomic E-state index is 9.75. The van der Waals surface area contributed by atoms with Gasteiger partial charge in [-0.1, -0.05) is 25.6 Å². The minimum atomic E-state index is -6.00. The zero-order chi connectivity index (χ0) is 19.6. The van der Waals surface area contributed by atoms with Gasteiger partial charge in [-0.15, -0.1) is 0 Å². The van der Waals surface area contributed by atoms with Gasteiger partial charge in [-0.2, -0.15) is 0 Å². The molecule has 0 amide bonds. The summed E-state index contributed by atoms with van der Waals surface area (Å²) in [6.45, 7) is 0. The third-order valence-electron chi connectivity index (χ3n) is 1.46. The SMILES string of the molecule is C.F[B-](F)(F)F.F[B-](F)(F)F.F[B-](F)(F)F.[H-].[K+].c1ccc2[nH]ccc2c1. The molecule has 0 saturated heterocycles. The average molecular weight is 434 g/mol. The van der Waals surface area contributed by atoms with Gasteiger partial charge in [-0.25, -0.2) is 0 Å². The van der Waals surface area contributed by atoms with Crippen LogP contribution < -0.4 is 51.4 Å². The monoisotopic (exact) mass is 434 g/mol. The normalized spacial score (nSPS) is 10.5. The summed E-state index contributed by atoms with van der Waals surface area (Å²) in [5, 5.41) is 1.28. The van der Waals surface area contributed by atoms with Crippen LogP contribution in [0.25, 0.3) is 10.9 Å². The number of aromatic nitrogens is 1. The van der Waals surface area contributed by atoms with Crippen molar-refractivity contribution < 1.29 is 105 Å². The number of hydrogen-bond donors (Lipinski definition) is 1. The van der Waals surface area contributed by atoms with Crippen molar-refractivity contribution in [3.8, 4) is 0 Å². The molecule has 2 rings (SSSR count). The second-order valence-corrected chi connectivity index (χ2v) is 3.55. The van der Waals surface area contributed by atoms with E-state index in [0.717, 1.165) is 0 Å². The topological polar surface area (TPSA) is 15.8 Å². The summed E-state index contributed by atoms with van der Waals surface area (Å²) in [5.74, 6) is 0. The predicted octanol–water partition coefficient (Wildman–Crippen LogP) is 3.82. The molecule has 150 valence electrons. The average Bonchev–Trinajstić information content (AvgIpc) is 2.69. The summed E-state index contributed by atoms with van der Waals surface area (Å²) in [4.78, 5) is 3.12. The Balaban J connectivity index is -0.0000000807. The molecule has 2 aromatic rings. The molecule has 0 aliphatic heterocycles. The predicted molar refractivity (Wildman–Crippen MR) is 76.7 cm³/mol. The third kappa shape index (κ3) is 43.8. The van der Waals surface area contributed by atoms with Crippen molar-refractivity contribution >= 4 is 32.7 Å². The standard InChI is InChI=1S/C8H7N.CH4.3BF4.K.H/c1-2-4-8-7(3-1)5-6-9-8;;3*2-1(3,4)5;;/h1-6,9H;1H4;;;;;/q;;3*-1;+1;-1. The second-order valence-electron chi connectivity index (χ2n) is 3.55. The number of H-pyrrole nitrogens is 1. The van der Waals surface area contributed by atoms with Crippen LogP contribution in [0.2, 0.25) is 0 Å². The molecule has 0 bridgehead atoms. The molecule has 0 unspecified atom stereocenters. The van der Waals surface area contributed by atoms with Gasteiger partial charge < -0.3 is 58.2 Å². The summed E-state index contributed by atoms with van der Waals surface area (Å²) in [5.41, 5.74) is 1.21. The Hall–Kier alpha value is -0.249. The van der Waals surface area contributed by atoms with Gasteiger partial charge in [-0.3, -0.25) is 0 Å². The summed E-state index contributed by atoms with van der Waals surface area (Å²) in [6, 6.07) is 10.3. The molecule has 1 N–H and O–H groups in total. The van der Waals surface area contributed by atoms with E-state index >= 15 is 0 Å². The van der Waals surface area contributed by atoms with E-state index in [0.29, 0.717) is 0 Å². The van der Waals surface area contributed by atoms with Gasteiger partial charge in [0.05, 0.1) is 0 Å². The first-order valence-electron chi connectivity index (χ1n) is 5.61. The number of hydrogen-bond acceptors (Lipinski definition) is 0. The van der Waals surface area contributed by atoms with Crippen molar-refractivity contribution in [2.45, 2.75) is 7.43 Å². The number of nitrogens with one attached hydrogen (secondary N) is 1. The summed E-state index contributed by atoms with van der Waals surface area (Å²) < 4.78 is 117. The van der Waals surface area contributed by atoms with Gasteiger partial charge in [0.1, 0.15) is 0 Å². The Kier molecular flexibility index (Phi) is 18.9. The number of rotatable bonds is 0. The minimum Gasteiger partial charge on any atom is -1.00 e. The molecule has 26 heavy (non-hydrogen) atoms. The fraction of sp³-hybridized carbons (Fsp3) is 0.111. The fourth-order valence-electron chi connectivity index (χ4n) is 0.995. The first-order valence-corrected chi connectivity index (χ1v) is 5.61. The molecule has 0 spiro atoms. The van der Waals surface area contributed by atoms with Crippen molar-refractivity contribution in [1.29, 1.82) is 0 Å². The Morgan fingerprint density at radius 2 is 0.923 bits per heavy atom. The van der Waals surface area contributed by atoms with Crippen molar-refractivity contribution in [3.63, 3.8) is 0 Å². The van der Waals surface area contributed by atoms with Crippen LogP contribution in [0.3, 0.4) is 0 Å². The van der Waals surface area contributed by atoms with Gasteiger partial charge >= 0.3 is 73.1 Å². The van der Waals surface area contributed by atoms with Gasteiger partial charge in [0, 0.05) is 11.7 Å². The summed E-state index contributed by atoms with van der Waals surface area (Å²) in [7, 11) is -18.0. The Morgan fingerprint density at radius 3 is 1.23 bits per heavy atom. The molecule has 1 heterocycles. The van der Waals surface area contributed by atoms with E-state index < -0.39 is 21.8 Å². The maximum Gasteiger partial charge on any atom is 1.00 e. The Labute approximate surface area is 185 Å². The molecular formula is C9H12B3F12KN-3. The Bertz CT molecular complexity index is 497. The molecule has 0 radical (unpaired) electrons. The van der Waals surface area contributed by atoms with Crippen molar-refractivity contribution in [1.82, 2.24) is 4.98 Å². The van der Waals surface area contributed by atoms with Gasteiger partial charge in [0.15, 0.2) is 0 Å². The number of para-hydroxylation sites is 1. The van der Waals surface area contributed by atoms with Gasteiger partial charge in [-0.05, 0) is 17.5 Å². The minimum absolute atomic E-state index is 0. The molecule has 17 heteroatoms. The molecular weight excluding hydrogens is 422 g/mol. The van der Waals surface area contributed by atoms with Crippen LogP contribution in [0.4, 0.5) is 51.8 Å². The molecule has 0 atom stereocenters. The van der Waals surface area contributed by atoms with E-state index in [-0.39, 0.29) is 60.2 Å². The Morgan fingerprint density at radius 1 is 0.615 bits per heavy atom. The van der Waals surface area contributed by atoms with E-state index in [9.17, 15) is 51.8 Å². The van der Waals surface area contributed by atoms with E-state index in [1.807, 2.05) is 18.3 Å². The third-order valence-corrected chi connectivity index (χ3v) is 1.46. The van der Waals surface area contributed by atoms with Crippen LogP contribution in [0.1, 0.15) is 8.85 Å². The molecule has 1 nitrogen and oxygen atoms in total. The van der Waals surface area contributed by atoms with Crippen LogP contribution in [0, 0.1) is 0 Å². The van der Waals surface area contributed by atoms with Crippen LogP contribution >= 0.6 is 0 Å². The van der Waals surface area contributed by atoms with Crippen LogP contribution in [0.15, 0.2) is 36.5 Å². The van der Waals surface area contributed by atoms with E-state index in [2.05, 4.69) is 23.2 Å². The molecule has 0 saturated carbocycles. The fourth-order valence-corrected chi connectivity index (χ4v) is 0.995. The second kappa shape index (κ2) is 14.8. The largest absolute Gasteiger partial charge is 1.00 e. The molecule has 0 fully saturated rings. The number of halogens is 12. The molecule has 1 aromatic carbocycles. The van der Waals surface area contributed by atoms with E-state index in [1.165, 1.54) is 10.9 Å².